The molecule has 110 valence electrons. The normalized spacial score (nSPS) is 29.2. The monoisotopic (exact) mass is 276 g/mol. The van der Waals surface area contributed by atoms with E-state index < -0.39 is 0 Å². The van der Waals surface area contributed by atoms with Crippen molar-refractivity contribution in [3.05, 3.63) is 11.4 Å². The van der Waals surface area contributed by atoms with Crippen molar-refractivity contribution in [1.29, 1.82) is 0 Å². The molecule has 3 atom stereocenters. The zero-order chi connectivity index (χ0) is 14.4. The number of hydrogen-bond acceptors (Lipinski definition) is 5. The average molecular weight is 276 g/mol. The molecule has 2 fully saturated rings. The van der Waals surface area contributed by atoms with E-state index in [0.29, 0.717) is 17.7 Å². The molecule has 3 rings (SSSR count). The summed E-state index contributed by atoms with van der Waals surface area (Å²) in [5.41, 5.74) is 7.00. The van der Waals surface area contributed by atoms with E-state index >= 15 is 0 Å². The van der Waals surface area contributed by atoms with Gasteiger partial charge in [0, 0.05) is 30.5 Å². The van der Waals surface area contributed by atoms with Crippen LogP contribution in [-0.4, -0.2) is 34.3 Å². The van der Waals surface area contributed by atoms with Gasteiger partial charge < -0.3 is 15.7 Å². The molecule has 0 bridgehead atoms. The van der Waals surface area contributed by atoms with Crippen molar-refractivity contribution in [2.24, 2.45) is 11.8 Å². The van der Waals surface area contributed by atoms with Crippen molar-refractivity contribution in [3.63, 3.8) is 0 Å². The Morgan fingerprint density at radius 1 is 1.25 bits per heavy atom. The van der Waals surface area contributed by atoms with Crippen LogP contribution >= 0.6 is 0 Å². The second-order valence-corrected chi connectivity index (χ2v) is 6.54. The molecule has 20 heavy (non-hydrogen) atoms. The summed E-state index contributed by atoms with van der Waals surface area (Å²) in [6.07, 6.45) is 1.93. The van der Waals surface area contributed by atoms with E-state index in [4.69, 9.17) is 10.7 Å². The van der Waals surface area contributed by atoms with Gasteiger partial charge in [-0.25, -0.2) is 9.97 Å². The number of aliphatic hydroxyl groups is 1. The highest BCUT2D eigenvalue weighted by Gasteiger charge is 2.42. The predicted octanol–water partition coefficient (Wildman–Crippen LogP) is 1.70. The van der Waals surface area contributed by atoms with Crippen molar-refractivity contribution in [3.8, 4) is 0 Å². The van der Waals surface area contributed by atoms with Gasteiger partial charge in [0.1, 0.15) is 17.5 Å². The highest BCUT2D eigenvalue weighted by atomic mass is 16.3. The molecule has 1 saturated carbocycles. The maximum absolute atomic E-state index is 10.0. The van der Waals surface area contributed by atoms with Gasteiger partial charge in [-0.3, -0.25) is 0 Å². The van der Waals surface area contributed by atoms with Crippen molar-refractivity contribution >= 4 is 11.6 Å². The molecule has 0 amide bonds. The SMILES string of the molecule is Cc1c(N)nc(C(C)C)nc1N1CC2CCC(O)C2C1. The van der Waals surface area contributed by atoms with E-state index in [1.807, 2.05) is 6.92 Å². The zero-order valence-corrected chi connectivity index (χ0v) is 12.5. The Morgan fingerprint density at radius 2 is 2.00 bits per heavy atom. The fourth-order valence-corrected chi connectivity index (χ4v) is 3.51. The molecule has 1 aliphatic heterocycles. The first-order valence-corrected chi connectivity index (χ1v) is 7.54. The van der Waals surface area contributed by atoms with Crippen molar-refractivity contribution in [2.75, 3.05) is 23.7 Å². The number of fused-ring (bicyclic) bond motifs is 1. The quantitative estimate of drug-likeness (QED) is 0.860. The summed E-state index contributed by atoms with van der Waals surface area (Å²) >= 11 is 0. The molecular formula is C15H24N4O. The van der Waals surface area contributed by atoms with Crippen LogP contribution in [0.15, 0.2) is 0 Å². The Balaban J connectivity index is 1.91. The van der Waals surface area contributed by atoms with Crippen LogP contribution in [0.5, 0.6) is 0 Å². The van der Waals surface area contributed by atoms with Gasteiger partial charge in [-0.2, -0.15) is 0 Å². The number of nitrogens with two attached hydrogens (primary N) is 1. The number of hydrogen-bond donors (Lipinski definition) is 2. The van der Waals surface area contributed by atoms with Gasteiger partial charge in [0.2, 0.25) is 0 Å². The van der Waals surface area contributed by atoms with Crippen LogP contribution in [-0.2, 0) is 0 Å². The molecule has 0 radical (unpaired) electrons. The summed E-state index contributed by atoms with van der Waals surface area (Å²) in [6.45, 7) is 8.02. The van der Waals surface area contributed by atoms with Gasteiger partial charge in [0.15, 0.2) is 0 Å². The lowest BCUT2D eigenvalue weighted by atomic mass is 10.00. The number of rotatable bonds is 2. The first kappa shape index (κ1) is 13.6. The molecule has 0 spiro atoms. The standard InChI is InChI=1S/C15H24N4O/c1-8(2)14-17-13(16)9(3)15(18-14)19-6-10-4-5-12(20)11(10)7-19/h8,10-12,20H,4-7H2,1-3H3,(H2,16,17,18). The highest BCUT2D eigenvalue weighted by Crippen LogP contribution is 2.40. The van der Waals surface area contributed by atoms with E-state index in [0.717, 1.165) is 43.1 Å². The summed E-state index contributed by atoms with van der Waals surface area (Å²) in [5, 5.41) is 10.0. The first-order valence-electron chi connectivity index (χ1n) is 7.54. The second kappa shape index (κ2) is 4.88. The van der Waals surface area contributed by atoms with Gasteiger partial charge in [-0.05, 0) is 25.7 Å². The van der Waals surface area contributed by atoms with Gasteiger partial charge in [0.25, 0.3) is 0 Å². The molecule has 2 aliphatic rings. The third-order valence-corrected chi connectivity index (χ3v) is 4.81. The van der Waals surface area contributed by atoms with Crippen LogP contribution in [0.25, 0.3) is 0 Å². The third-order valence-electron chi connectivity index (χ3n) is 4.81. The van der Waals surface area contributed by atoms with Crippen molar-refractivity contribution in [2.45, 2.75) is 45.6 Å². The summed E-state index contributed by atoms with van der Waals surface area (Å²) in [4.78, 5) is 11.4. The largest absolute Gasteiger partial charge is 0.393 e. The average Bonchev–Trinajstić information content (AvgIpc) is 2.95. The lowest BCUT2D eigenvalue weighted by Crippen LogP contribution is -2.27. The summed E-state index contributed by atoms with van der Waals surface area (Å²) in [6, 6.07) is 0. The molecular weight excluding hydrogens is 252 g/mol. The topological polar surface area (TPSA) is 75.3 Å². The van der Waals surface area contributed by atoms with Crippen LogP contribution in [0, 0.1) is 18.8 Å². The van der Waals surface area contributed by atoms with Gasteiger partial charge in [0.05, 0.1) is 6.10 Å². The number of aliphatic hydroxyl groups excluding tert-OH is 1. The zero-order valence-electron chi connectivity index (χ0n) is 12.5. The summed E-state index contributed by atoms with van der Waals surface area (Å²) < 4.78 is 0. The Morgan fingerprint density at radius 3 is 2.65 bits per heavy atom. The number of aromatic nitrogens is 2. The molecule has 1 aliphatic carbocycles. The van der Waals surface area contributed by atoms with E-state index in [-0.39, 0.29) is 12.0 Å². The minimum Gasteiger partial charge on any atom is -0.393 e. The lowest BCUT2D eigenvalue weighted by Gasteiger charge is -2.23. The van der Waals surface area contributed by atoms with E-state index in [2.05, 4.69) is 23.7 Å². The molecule has 1 aromatic heterocycles. The second-order valence-electron chi connectivity index (χ2n) is 6.54. The van der Waals surface area contributed by atoms with Crippen molar-refractivity contribution in [1.82, 2.24) is 9.97 Å². The third kappa shape index (κ3) is 2.14. The van der Waals surface area contributed by atoms with E-state index in [1.165, 1.54) is 0 Å². The van der Waals surface area contributed by atoms with Crippen LogP contribution < -0.4 is 10.6 Å². The number of nitrogens with zero attached hydrogens (tertiary/aromatic N) is 3. The lowest BCUT2D eigenvalue weighted by molar-refractivity contribution is 0.133. The Labute approximate surface area is 120 Å². The molecule has 1 aromatic rings. The predicted molar refractivity (Wildman–Crippen MR) is 79.7 cm³/mol. The Kier molecular flexibility index (Phi) is 3.32. The summed E-state index contributed by atoms with van der Waals surface area (Å²) in [5.74, 6) is 3.61. The van der Waals surface area contributed by atoms with Gasteiger partial charge >= 0.3 is 0 Å². The molecule has 2 heterocycles. The molecule has 5 heteroatoms. The van der Waals surface area contributed by atoms with Gasteiger partial charge in [-0.15, -0.1) is 0 Å². The van der Waals surface area contributed by atoms with Crippen LogP contribution in [0.2, 0.25) is 0 Å². The molecule has 3 N–H and O–H groups in total. The fraction of sp³-hybridized carbons (Fsp3) is 0.733. The van der Waals surface area contributed by atoms with Crippen LogP contribution in [0.1, 0.15) is 44.0 Å². The Hall–Kier alpha value is -1.36. The minimum absolute atomic E-state index is 0.144. The van der Waals surface area contributed by atoms with Crippen LogP contribution in [0.3, 0.4) is 0 Å². The minimum atomic E-state index is -0.144. The number of anilines is 2. The Bertz CT molecular complexity index is 517. The van der Waals surface area contributed by atoms with Gasteiger partial charge in [-0.1, -0.05) is 13.8 Å². The molecule has 0 aromatic carbocycles. The van der Waals surface area contributed by atoms with Crippen LogP contribution in [0.4, 0.5) is 11.6 Å². The molecule has 5 nitrogen and oxygen atoms in total. The summed E-state index contributed by atoms with van der Waals surface area (Å²) in [7, 11) is 0. The maximum Gasteiger partial charge on any atom is 0.137 e. The van der Waals surface area contributed by atoms with E-state index in [9.17, 15) is 5.11 Å². The molecule has 1 saturated heterocycles. The fourth-order valence-electron chi connectivity index (χ4n) is 3.51. The first-order chi connectivity index (χ1) is 9.47. The number of nitrogen functional groups attached to an aromatic ring is 1. The molecule has 3 unspecified atom stereocenters. The maximum atomic E-state index is 10.0. The highest BCUT2D eigenvalue weighted by molar-refractivity contribution is 5.57. The van der Waals surface area contributed by atoms with Crippen molar-refractivity contribution < 1.29 is 5.11 Å². The smallest absolute Gasteiger partial charge is 0.137 e. The van der Waals surface area contributed by atoms with E-state index in [1.54, 1.807) is 0 Å².